The van der Waals surface area contributed by atoms with Crippen molar-refractivity contribution in [1.29, 1.82) is 5.26 Å². The van der Waals surface area contributed by atoms with Crippen molar-refractivity contribution in [3.8, 4) is 11.8 Å². The first-order chi connectivity index (χ1) is 11.4. The summed E-state index contributed by atoms with van der Waals surface area (Å²) in [5.74, 6) is 0.846. The number of fused-ring (bicyclic) bond motifs is 1. The highest BCUT2D eigenvalue weighted by Gasteiger charge is 2.32. The van der Waals surface area contributed by atoms with E-state index in [0.29, 0.717) is 17.0 Å². The van der Waals surface area contributed by atoms with Crippen molar-refractivity contribution in [3.05, 3.63) is 45.8 Å². The Labute approximate surface area is 147 Å². The van der Waals surface area contributed by atoms with Crippen molar-refractivity contribution in [2.75, 3.05) is 0 Å². The van der Waals surface area contributed by atoms with E-state index in [9.17, 15) is 10.4 Å². The van der Waals surface area contributed by atoms with Crippen molar-refractivity contribution >= 4 is 22.6 Å². The van der Waals surface area contributed by atoms with Crippen LogP contribution in [0.3, 0.4) is 0 Å². The van der Waals surface area contributed by atoms with Crippen LogP contribution in [0.25, 0.3) is 0 Å². The van der Waals surface area contributed by atoms with Gasteiger partial charge in [0.2, 0.25) is 0 Å². The fourth-order valence-electron chi connectivity index (χ4n) is 3.24. The van der Waals surface area contributed by atoms with Crippen LogP contribution in [-0.2, 0) is 12.8 Å². The van der Waals surface area contributed by atoms with Crippen molar-refractivity contribution in [1.82, 2.24) is 0 Å². The lowest BCUT2D eigenvalue weighted by Gasteiger charge is -2.33. The van der Waals surface area contributed by atoms with Gasteiger partial charge >= 0.3 is 0 Å². The normalized spacial score (nSPS) is 17.7. The van der Waals surface area contributed by atoms with Crippen LogP contribution < -0.4 is 0 Å². The summed E-state index contributed by atoms with van der Waals surface area (Å²) >= 11 is 1.63. The minimum atomic E-state index is 0.203. The SMILES string of the molecule is CC(C)(C)[C@H]1CCc2c(sc(N=Cc3ccccc3O)c2C#N)C1. The molecule has 1 atom stereocenters. The highest BCUT2D eigenvalue weighted by atomic mass is 32.1. The van der Waals surface area contributed by atoms with E-state index in [0.717, 1.165) is 24.3 Å². The van der Waals surface area contributed by atoms with Gasteiger partial charge in [-0.1, -0.05) is 32.9 Å². The molecule has 24 heavy (non-hydrogen) atoms. The Morgan fingerprint density at radius 1 is 1.33 bits per heavy atom. The lowest BCUT2D eigenvalue weighted by atomic mass is 9.72. The summed E-state index contributed by atoms with van der Waals surface area (Å²) in [5.41, 5.74) is 2.86. The Bertz CT molecular complexity index is 821. The molecular weight excluding hydrogens is 316 g/mol. The lowest BCUT2D eigenvalue weighted by Crippen LogP contribution is -2.26. The maximum Gasteiger partial charge on any atom is 0.134 e. The zero-order valence-electron chi connectivity index (χ0n) is 14.3. The Hall–Kier alpha value is -2.12. The van der Waals surface area contributed by atoms with Gasteiger partial charge in [0.05, 0.1) is 5.56 Å². The van der Waals surface area contributed by atoms with Crippen LogP contribution in [0.2, 0.25) is 0 Å². The minimum Gasteiger partial charge on any atom is -0.507 e. The average Bonchev–Trinajstić information content (AvgIpc) is 2.89. The van der Waals surface area contributed by atoms with Crippen LogP contribution in [0.4, 0.5) is 5.00 Å². The molecular formula is C20H22N2OS. The van der Waals surface area contributed by atoms with Crippen molar-refractivity contribution in [2.45, 2.75) is 40.0 Å². The van der Waals surface area contributed by atoms with Gasteiger partial charge in [0, 0.05) is 16.7 Å². The van der Waals surface area contributed by atoms with Crippen molar-refractivity contribution < 1.29 is 5.11 Å². The summed E-state index contributed by atoms with van der Waals surface area (Å²) in [6.45, 7) is 6.87. The molecule has 1 N–H and O–H groups in total. The van der Waals surface area contributed by atoms with Gasteiger partial charge in [-0.3, -0.25) is 0 Å². The van der Waals surface area contributed by atoms with Crippen LogP contribution >= 0.6 is 11.3 Å². The van der Waals surface area contributed by atoms with Crippen molar-refractivity contribution in [2.24, 2.45) is 16.3 Å². The molecule has 0 aliphatic heterocycles. The number of nitrogens with zero attached hydrogens (tertiary/aromatic N) is 2. The molecule has 2 aromatic rings. The van der Waals surface area contributed by atoms with E-state index in [1.54, 1.807) is 29.7 Å². The van der Waals surface area contributed by atoms with Gasteiger partial charge in [-0.05, 0) is 48.3 Å². The first-order valence-electron chi connectivity index (χ1n) is 8.27. The number of benzene rings is 1. The highest BCUT2D eigenvalue weighted by Crippen LogP contribution is 2.44. The van der Waals surface area contributed by atoms with Crippen LogP contribution in [0.15, 0.2) is 29.3 Å². The largest absolute Gasteiger partial charge is 0.507 e. The van der Waals surface area contributed by atoms with E-state index in [4.69, 9.17) is 0 Å². The molecule has 1 aromatic carbocycles. The van der Waals surface area contributed by atoms with Gasteiger partial charge in [0.15, 0.2) is 0 Å². The number of rotatable bonds is 2. The number of aliphatic imine (C=N–C) groups is 1. The van der Waals surface area contributed by atoms with Gasteiger partial charge in [-0.15, -0.1) is 11.3 Å². The number of hydrogen-bond acceptors (Lipinski definition) is 4. The van der Waals surface area contributed by atoms with Gasteiger partial charge in [0.1, 0.15) is 16.8 Å². The molecule has 3 rings (SSSR count). The maximum atomic E-state index is 9.85. The van der Waals surface area contributed by atoms with Gasteiger partial charge in [-0.2, -0.15) is 5.26 Å². The lowest BCUT2D eigenvalue weighted by molar-refractivity contribution is 0.218. The molecule has 1 heterocycles. The van der Waals surface area contributed by atoms with Crippen LogP contribution in [0, 0.1) is 22.7 Å². The predicted molar refractivity (Wildman–Crippen MR) is 99.4 cm³/mol. The Morgan fingerprint density at radius 2 is 2.08 bits per heavy atom. The third-order valence-corrected chi connectivity index (χ3v) is 6.00. The summed E-state index contributed by atoms with van der Waals surface area (Å²) in [4.78, 5) is 5.82. The Kier molecular flexibility index (Phi) is 4.47. The fourth-order valence-corrected chi connectivity index (χ4v) is 4.46. The topological polar surface area (TPSA) is 56.4 Å². The zero-order valence-corrected chi connectivity index (χ0v) is 15.2. The molecule has 1 aliphatic carbocycles. The maximum absolute atomic E-state index is 9.85. The third-order valence-electron chi connectivity index (χ3n) is 4.84. The molecule has 0 saturated carbocycles. The molecule has 3 nitrogen and oxygen atoms in total. The summed E-state index contributed by atoms with van der Waals surface area (Å²) in [6, 6.07) is 9.44. The first-order valence-corrected chi connectivity index (χ1v) is 9.08. The van der Waals surface area contributed by atoms with Crippen LogP contribution in [-0.4, -0.2) is 11.3 Å². The van der Waals surface area contributed by atoms with Gasteiger partial charge in [0.25, 0.3) is 0 Å². The predicted octanol–water partition coefficient (Wildman–Crippen LogP) is 5.23. The molecule has 0 bridgehead atoms. The Balaban J connectivity index is 1.93. The van der Waals surface area contributed by atoms with Crippen LogP contribution in [0.5, 0.6) is 5.75 Å². The van der Waals surface area contributed by atoms with E-state index < -0.39 is 0 Å². The van der Waals surface area contributed by atoms with Gasteiger partial charge < -0.3 is 5.11 Å². The quantitative estimate of drug-likeness (QED) is 0.763. The van der Waals surface area contributed by atoms with E-state index in [2.05, 4.69) is 31.8 Å². The molecule has 0 radical (unpaired) electrons. The number of phenols is 1. The zero-order chi connectivity index (χ0) is 17.3. The molecule has 0 amide bonds. The molecule has 1 aliphatic rings. The van der Waals surface area contributed by atoms with E-state index in [1.807, 2.05) is 12.1 Å². The summed E-state index contributed by atoms with van der Waals surface area (Å²) in [7, 11) is 0. The molecule has 4 heteroatoms. The fraction of sp³-hybridized carbons (Fsp3) is 0.400. The minimum absolute atomic E-state index is 0.203. The number of aromatic hydroxyl groups is 1. The number of phenolic OH excluding ortho intramolecular Hbond substituents is 1. The summed E-state index contributed by atoms with van der Waals surface area (Å²) in [5, 5.41) is 20.2. The van der Waals surface area contributed by atoms with E-state index in [1.165, 1.54) is 10.4 Å². The number of para-hydroxylation sites is 1. The molecule has 0 unspecified atom stereocenters. The first kappa shape index (κ1) is 16.7. The molecule has 1 aromatic heterocycles. The Morgan fingerprint density at radius 3 is 2.75 bits per heavy atom. The molecule has 124 valence electrons. The molecule has 0 fully saturated rings. The molecule has 0 spiro atoms. The smallest absolute Gasteiger partial charge is 0.134 e. The molecule has 0 saturated heterocycles. The second kappa shape index (κ2) is 6.41. The summed E-state index contributed by atoms with van der Waals surface area (Å²) in [6.07, 6.45) is 4.77. The monoisotopic (exact) mass is 338 g/mol. The average molecular weight is 338 g/mol. The van der Waals surface area contributed by atoms with E-state index >= 15 is 0 Å². The third kappa shape index (κ3) is 3.22. The number of thiophene rings is 1. The number of hydrogen-bond donors (Lipinski definition) is 1. The second-order valence-electron chi connectivity index (χ2n) is 7.42. The second-order valence-corrected chi connectivity index (χ2v) is 8.50. The van der Waals surface area contributed by atoms with Gasteiger partial charge in [-0.25, -0.2) is 4.99 Å². The summed E-state index contributed by atoms with van der Waals surface area (Å²) < 4.78 is 0. The highest BCUT2D eigenvalue weighted by molar-refractivity contribution is 7.16. The van der Waals surface area contributed by atoms with E-state index in [-0.39, 0.29) is 11.2 Å². The van der Waals surface area contributed by atoms with Crippen LogP contribution in [0.1, 0.15) is 48.8 Å². The van der Waals surface area contributed by atoms with Crippen molar-refractivity contribution in [3.63, 3.8) is 0 Å². The number of nitriles is 1. The standard InChI is InChI=1S/C20H22N2OS/c1-20(2,3)14-8-9-15-16(11-21)19(24-18(15)10-14)22-12-13-6-4-5-7-17(13)23/h4-7,12,14,23H,8-10H2,1-3H3/t14-/m0/s1.